The molecule has 2 bridgehead atoms. The van der Waals surface area contributed by atoms with Gasteiger partial charge in [0.25, 0.3) is 5.91 Å². The third-order valence-corrected chi connectivity index (χ3v) is 5.03. The van der Waals surface area contributed by atoms with Crippen LogP contribution in [0.25, 0.3) is 0 Å². The Balaban J connectivity index is 1.41. The standard InChI is InChI=1S/C20H19N3O2/c21-11-14-3-1-2-4-19(14)25-17-7-5-13(6-8-17)20(24)23-18-10-16-9-15(18)12-22-16/h1-8,15-16,18,22H,9-10,12H2,(H,23,24). The Morgan fingerprint density at radius 2 is 1.96 bits per heavy atom. The molecule has 3 atom stereocenters. The normalized spacial score (nSPS) is 23.9. The van der Waals surface area contributed by atoms with Crippen molar-refractivity contribution in [1.29, 1.82) is 5.26 Å². The maximum Gasteiger partial charge on any atom is 0.251 e. The fourth-order valence-corrected chi connectivity index (χ4v) is 3.71. The molecule has 2 aromatic carbocycles. The van der Waals surface area contributed by atoms with Crippen molar-refractivity contribution in [3.05, 3.63) is 59.7 Å². The molecule has 0 radical (unpaired) electrons. The van der Waals surface area contributed by atoms with Crippen LogP contribution in [-0.4, -0.2) is 24.5 Å². The van der Waals surface area contributed by atoms with E-state index in [-0.39, 0.29) is 11.9 Å². The fraction of sp³-hybridized carbons (Fsp3) is 0.300. The zero-order valence-corrected chi connectivity index (χ0v) is 13.7. The summed E-state index contributed by atoms with van der Waals surface area (Å²) in [5.41, 5.74) is 1.10. The molecule has 4 rings (SSSR count). The number of nitrogens with one attached hydrogen (secondary N) is 2. The van der Waals surface area contributed by atoms with E-state index in [0.717, 1.165) is 19.4 Å². The van der Waals surface area contributed by atoms with Crippen LogP contribution >= 0.6 is 0 Å². The van der Waals surface area contributed by atoms with Gasteiger partial charge in [-0.05, 0) is 55.2 Å². The number of para-hydroxylation sites is 1. The van der Waals surface area contributed by atoms with Crippen molar-refractivity contribution in [1.82, 2.24) is 10.6 Å². The van der Waals surface area contributed by atoms with Crippen LogP contribution < -0.4 is 15.4 Å². The monoisotopic (exact) mass is 333 g/mol. The molecule has 3 unspecified atom stereocenters. The molecule has 126 valence electrons. The topological polar surface area (TPSA) is 74.1 Å². The number of nitrogens with zero attached hydrogens (tertiary/aromatic N) is 1. The summed E-state index contributed by atoms with van der Waals surface area (Å²) < 4.78 is 5.75. The molecule has 1 heterocycles. The van der Waals surface area contributed by atoms with E-state index in [0.29, 0.717) is 34.6 Å². The van der Waals surface area contributed by atoms with Crippen LogP contribution in [0.2, 0.25) is 0 Å². The van der Waals surface area contributed by atoms with Crippen molar-refractivity contribution in [2.45, 2.75) is 24.9 Å². The van der Waals surface area contributed by atoms with E-state index in [1.165, 1.54) is 0 Å². The lowest BCUT2D eigenvalue weighted by molar-refractivity contribution is 0.0925. The van der Waals surface area contributed by atoms with Gasteiger partial charge in [0.15, 0.2) is 0 Å². The van der Waals surface area contributed by atoms with Gasteiger partial charge in [-0.15, -0.1) is 0 Å². The Morgan fingerprint density at radius 3 is 2.64 bits per heavy atom. The van der Waals surface area contributed by atoms with E-state index < -0.39 is 0 Å². The molecule has 5 nitrogen and oxygen atoms in total. The first-order valence-electron chi connectivity index (χ1n) is 8.54. The van der Waals surface area contributed by atoms with E-state index in [4.69, 9.17) is 10.00 Å². The molecule has 2 aromatic rings. The summed E-state index contributed by atoms with van der Waals surface area (Å²) in [6, 6.07) is 17.0. The second kappa shape index (κ2) is 6.58. The number of rotatable bonds is 4. The van der Waals surface area contributed by atoms with Gasteiger partial charge in [0.1, 0.15) is 17.6 Å². The Hall–Kier alpha value is -2.84. The maximum atomic E-state index is 12.4. The maximum absolute atomic E-state index is 12.4. The van der Waals surface area contributed by atoms with Crippen molar-refractivity contribution in [2.75, 3.05) is 6.54 Å². The highest BCUT2D eigenvalue weighted by atomic mass is 16.5. The van der Waals surface area contributed by atoms with Crippen LogP contribution in [0.5, 0.6) is 11.5 Å². The number of carbonyl (C=O) groups excluding carboxylic acids is 1. The third-order valence-electron chi connectivity index (χ3n) is 5.03. The zero-order valence-electron chi connectivity index (χ0n) is 13.7. The number of hydrogen-bond acceptors (Lipinski definition) is 4. The summed E-state index contributed by atoms with van der Waals surface area (Å²) in [6.45, 7) is 1.00. The molecular weight excluding hydrogens is 314 g/mol. The van der Waals surface area contributed by atoms with Crippen LogP contribution in [0.15, 0.2) is 48.5 Å². The lowest BCUT2D eigenvalue weighted by Crippen LogP contribution is -2.44. The van der Waals surface area contributed by atoms with E-state index in [1.807, 2.05) is 6.07 Å². The summed E-state index contributed by atoms with van der Waals surface area (Å²) >= 11 is 0. The Morgan fingerprint density at radius 1 is 1.16 bits per heavy atom. The van der Waals surface area contributed by atoms with Crippen LogP contribution in [0.1, 0.15) is 28.8 Å². The highest BCUT2D eigenvalue weighted by molar-refractivity contribution is 5.94. The summed E-state index contributed by atoms with van der Waals surface area (Å²) in [7, 11) is 0. The van der Waals surface area contributed by atoms with Crippen molar-refractivity contribution >= 4 is 5.91 Å². The largest absolute Gasteiger partial charge is 0.456 e. The lowest BCUT2D eigenvalue weighted by atomic mass is 10.0. The van der Waals surface area contributed by atoms with Crippen LogP contribution in [0.4, 0.5) is 0 Å². The minimum absolute atomic E-state index is 0.0403. The van der Waals surface area contributed by atoms with Crippen molar-refractivity contribution in [3.63, 3.8) is 0 Å². The predicted octanol–water partition coefficient (Wildman–Crippen LogP) is 2.83. The SMILES string of the molecule is N#Cc1ccccc1Oc1ccc(C(=O)NC2CC3CC2CN3)cc1. The molecule has 2 fully saturated rings. The highest BCUT2D eigenvalue weighted by Crippen LogP contribution is 2.31. The molecule has 2 N–H and O–H groups in total. The first-order chi connectivity index (χ1) is 12.2. The second-order valence-electron chi connectivity index (χ2n) is 6.65. The number of nitriles is 1. The number of carbonyl (C=O) groups is 1. The predicted molar refractivity (Wildman–Crippen MR) is 93.4 cm³/mol. The smallest absolute Gasteiger partial charge is 0.251 e. The van der Waals surface area contributed by atoms with Crippen LogP contribution in [0, 0.1) is 17.2 Å². The Labute approximate surface area is 146 Å². The van der Waals surface area contributed by atoms with Gasteiger partial charge >= 0.3 is 0 Å². The average molecular weight is 333 g/mol. The Kier molecular flexibility index (Phi) is 4.12. The summed E-state index contributed by atoms with van der Waals surface area (Å²) in [4.78, 5) is 12.4. The number of hydrogen-bond donors (Lipinski definition) is 2. The molecule has 5 heteroatoms. The van der Waals surface area contributed by atoms with Gasteiger partial charge in [-0.3, -0.25) is 4.79 Å². The quantitative estimate of drug-likeness (QED) is 0.902. The minimum atomic E-state index is -0.0403. The van der Waals surface area contributed by atoms with Crippen LogP contribution in [0.3, 0.4) is 0 Å². The molecule has 1 saturated heterocycles. The summed E-state index contributed by atoms with van der Waals surface area (Å²) in [5, 5.41) is 15.7. The molecular formula is C20H19N3O2. The van der Waals surface area contributed by atoms with Crippen LogP contribution in [-0.2, 0) is 0 Å². The molecule has 25 heavy (non-hydrogen) atoms. The van der Waals surface area contributed by atoms with Gasteiger partial charge in [0, 0.05) is 24.2 Å². The highest BCUT2D eigenvalue weighted by Gasteiger charge is 2.40. The first-order valence-corrected chi connectivity index (χ1v) is 8.54. The second-order valence-corrected chi connectivity index (χ2v) is 6.65. The zero-order chi connectivity index (χ0) is 17.2. The van der Waals surface area contributed by atoms with E-state index in [2.05, 4.69) is 16.7 Å². The van der Waals surface area contributed by atoms with Crippen molar-refractivity contribution in [3.8, 4) is 17.6 Å². The number of benzene rings is 2. The van der Waals surface area contributed by atoms with E-state index in [9.17, 15) is 4.79 Å². The molecule has 0 spiro atoms. The van der Waals surface area contributed by atoms with Gasteiger partial charge in [0.2, 0.25) is 0 Å². The van der Waals surface area contributed by atoms with Gasteiger partial charge < -0.3 is 15.4 Å². The minimum Gasteiger partial charge on any atom is -0.456 e. The first kappa shape index (κ1) is 15.7. The van der Waals surface area contributed by atoms with Gasteiger partial charge in [-0.2, -0.15) is 5.26 Å². The molecule has 1 aliphatic heterocycles. The Bertz CT molecular complexity index is 826. The van der Waals surface area contributed by atoms with Gasteiger partial charge in [-0.1, -0.05) is 12.1 Å². The van der Waals surface area contributed by atoms with E-state index in [1.54, 1.807) is 42.5 Å². The summed E-state index contributed by atoms with van der Waals surface area (Å²) in [6.07, 6.45) is 2.18. The van der Waals surface area contributed by atoms with Crippen molar-refractivity contribution in [2.24, 2.45) is 5.92 Å². The third kappa shape index (κ3) is 3.21. The number of piperidine rings is 1. The fourth-order valence-electron chi connectivity index (χ4n) is 3.71. The molecule has 2 aliphatic rings. The lowest BCUT2D eigenvalue weighted by Gasteiger charge is -2.23. The van der Waals surface area contributed by atoms with Crippen molar-refractivity contribution < 1.29 is 9.53 Å². The van der Waals surface area contributed by atoms with E-state index >= 15 is 0 Å². The number of amides is 1. The summed E-state index contributed by atoms with van der Waals surface area (Å²) in [5.74, 6) is 1.63. The van der Waals surface area contributed by atoms with Gasteiger partial charge in [-0.25, -0.2) is 0 Å². The van der Waals surface area contributed by atoms with Gasteiger partial charge in [0.05, 0.1) is 5.56 Å². The molecule has 0 aromatic heterocycles. The average Bonchev–Trinajstić information content (AvgIpc) is 3.26. The number of fused-ring (bicyclic) bond motifs is 2. The number of ether oxygens (including phenoxy) is 1. The molecule has 1 aliphatic carbocycles. The molecule has 1 saturated carbocycles. The molecule has 1 amide bonds.